The lowest BCUT2D eigenvalue weighted by Gasteiger charge is -2.27. The third-order valence-corrected chi connectivity index (χ3v) is 5.31. The summed E-state index contributed by atoms with van der Waals surface area (Å²) in [6.45, 7) is 3.20. The molecule has 0 saturated carbocycles. The largest absolute Gasteiger partial charge is 0.340 e. The normalized spacial score (nSPS) is 19.3. The van der Waals surface area contributed by atoms with Crippen molar-refractivity contribution in [2.24, 2.45) is 5.92 Å². The van der Waals surface area contributed by atoms with E-state index in [2.05, 4.69) is 0 Å². The number of likely N-dealkylation sites (tertiary alicyclic amines) is 1. The van der Waals surface area contributed by atoms with Crippen molar-refractivity contribution in [3.63, 3.8) is 0 Å². The molecule has 0 bridgehead atoms. The number of carbonyl (C=O) groups excluding carboxylic acids is 3. The molecule has 3 rings (SSSR count). The molecule has 0 aromatic heterocycles. The lowest BCUT2D eigenvalue weighted by Crippen LogP contribution is -3.05. The second kappa shape index (κ2) is 8.66. The molecule has 0 aliphatic carbocycles. The van der Waals surface area contributed by atoms with E-state index in [9.17, 15) is 18.8 Å². The number of nitrogens with one attached hydrogen (secondary N) is 1. The van der Waals surface area contributed by atoms with Gasteiger partial charge in [-0.25, -0.2) is 4.39 Å². The second-order valence-electron chi connectivity index (χ2n) is 7.88. The van der Waals surface area contributed by atoms with Gasteiger partial charge >= 0.3 is 0 Å². The number of nitrogens with zero attached hydrogens (tertiary/aromatic N) is 1. The SMILES string of the molecule is Cc1ccc(C2C(C(=O)c3ccc(F)cc3)C(=O)C(=O)N2CCC[NH+](C)C)cc1. The van der Waals surface area contributed by atoms with Crippen molar-refractivity contribution in [2.45, 2.75) is 19.4 Å². The first-order valence-corrected chi connectivity index (χ1v) is 9.80. The van der Waals surface area contributed by atoms with Gasteiger partial charge in [0.25, 0.3) is 5.91 Å². The van der Waals surface area contributed by atoms with E-state index < -0.39 is 35.3 Å². The molecule has 1 saturated heterocycles. The number of halogens is 1. The number of Topliss-reactive ketones (excluding diaryl/α,β-unsaturated/α-hetero) is 2. The number of hydrogen-bond donors (Lipinski definition) is 1. The van der Waals surface area contributed by atoms with E-state index in [1.165, 1.54) is 34.1 Å². The van der Waals surface area contributed by atoms with E-state index in [1.54, 1.807) is 0 Å². The lowest BCUT2D eigenvalue weighted by molar-refractivity contribution is -0.858. The van der Waals surface area contributed by atoms with Crippen LogP contribution in [0.2, 0.25) is 0 Å². The fourth-order valence-corrected chi connectivity index (χ4v) is 3.76. The van der Waals surface area contributed by atoms with Crippen LogP contribution in [0.4, 0.5) is 4.39 Å². The zero-order chi connectivity index (χ0) is 21.1. The minimum absolute atomic E-state index is 0.231. The summed E-state index contributed by atoms with van der Waals surface area (Å²) in [4.78, 5) is 41.6. The first kappa shape index (κ1) is 20.9. The number of hydrogen-bond acceptors (Lipinski definition) is 3. The van der Waals surface area contributed by atoms with Crippen LogP contribution < -0.4 is 4.90 Å². The predicted octanol–water partition coefficient (Wildman–Crippen LogP) is 1.62. The van der Waals surface area contributed by atoms with E-state index in [0.29, 0.717) is 6.54 Å². The second-order valence-corrected chi connectivity index (χ2v) is 7.88. The molecule has 2 aromatic rings. The number of aryl methyl sites for hydroxylation is 1. The highest BCUT2D eigenvalue weighted by Gasteiger charge is 2.51. The maximum Gasteiger partial charge on any atom is 0.291 e. The van der Waals surface area contributed by atoms with Gasteiger partial charge in [-0.1, -0.05) is 29.8 Å². The van der Waals surface area contributed by atoms with E-state index >= 15 is 0 Å². The highest BCUT2D eigenvalue weighted by Crippen LogP contribution is 2.38. The monoisotopic (exact) mass is 397 g/mol. The summed E-state index contributed by atoms with van der Waals surface area (Å²) in [6.07, 6.45) is 0.723. The maximum atomic E-state index is 13.3. The quantitative estimate of drug-likeness (QED) is 0.439. The standard InChI is InChI=1S/C23H25FN2O3/c1-15-5-7-16(8-6-15)20-19(21(27)17-9-11-18(24)12-10-17)22(28)23(29)26(20)14-4-13-25(2)3/h5-12,19-20H,4,13-14H2,1-3H3/p+1. The number of amides is 1. The summed E-state index contributed by atoms with van der Waals surface area (Å²) < 4.78 is 13.3. The van der Waals surface area contributed by atoms with Crippen LogP contribution in [-0.4, -0.2) is 49.6 Å². The van der Waals surface area contributed by atoms with Gasteiger partial charge in [0.05, 0.1) is 26.7 Å². The van der Waals surface area contributed by atoms with Crippen LogP contribution in [0.15, 0.2) is 48.5 Å². The molecule has 2 unspecified atom stereocenters. The summed E-state index contributed by atoms with van der Waals surface area (Å²) in [5.41, 5.74) is 2.04. The van der Waals surface area contributed by atoms with Gasteiger partial charge in [0.2, 0.25) is 5.78 Å². The minimum Gasteiger partial charge on any atom is -0.340 e. The van der Waals surface area contributed by atoms with Crippen molar-refractivity contribution in [3.8, 4) is 0 Å². The first-order chi connectivity index (χ1) is 13.8. The summed E-state index contributed by atoms with van der Waals surface area (Å²) in [6, 6.07) is 12.0. The average Bonchev–Trinajstić information content (AvgIpc) is 2.93. The van der Waals surface area contributed by atoms with E-state index in [-0.39, 0.29) is 5.56 Å². The number of rotatable bonds is 7. The summed E-state index contributed by atoms with van der Waals surface area (Å²) >= 11 is 0. The molecule has 2 aromatic carbocycles. The fourth-order valence-electron chi connectivity index (χ4n) is 3.76. The smallest absolute Gasteiger partial charge is 0.291 e. The van der Waals surface area contributed by atoms with Crippen LogP contribution in [-0.2, 0) is 9.59 Å². The summed E-state index contributed by atoms with van der Waals surface area (Å²) in [5.74, 6) is -3.35. The third kappa shape index (κ3) is 4.43. The van der Waals surface area contributed by atoms with E-state index in [4.69, 9.17) is 0 Å². The highest BCUT2D eigenvalue weighted by atomic mass is 19.1. The number of quaternary nitrogens is 1. The van der Waals surface area contributed by atoms with Gasteiger partial charge in [-0.2, -0.15) is 0 Å². The molecular weight excluding hydrogens is 371 g/mol. The molecule has 1 fully saturated rings. The van der Waals surface area contributed by atoms with E-state index in [0.717, 1.165) is 24.1 Å². The van der Waals surface area contributed by atoms with Crippen LogP contribution in [0.5, 0.6) is 0 Å². The Bertz CT molecular complexity index is 907. The van der Waals surface area contributed by atoms with Gasteiger partial charge in [0.15, 0.2) is 5.78 Å². The Labute approximate surface area is 170 Å². The zero-order valence-electron chi connectivity index (χ0n) is 16.9. The van der Waals surface area contributed by atoms with Crippen LogP contribution in [0.3, 0.4) is 0 Å². The maximum absolute atomic E-state index is 13.3. The topological polar surface area (TPSA) is 58.9 Å². The van der Waals surface area contributed by atoms with Crippen LogP contribution in [0.1, 0.15) is 33.9 Å². The van der Waals surface area contributed by atoms with Gasteiger partial charge < -0.3 is 9.80 Å². The van der Waals surface area contributed by atoms with Crippen LogP contribution in [0.25, 0.3) is 0 Å². The summed E-state index contributed by atoms with van der Waals surface area (Å²) in [7, 11) is 4.05. The molecule has 1 amide bonds. The number of carbonyl (C=O) groups is 3. The minimum atomic E-state index is -1.12. The van der Waals surface area contributed by atoms with Crippen molar-refractivity contribution >= 4 is 17.5 Å². The van der Waals surface area contributed by atoms with Crippen molar-refractivity contribution in [3.05, 3.63) is 71.0 Å². The Balaban J connectivity index is 1.98. The predicted molar refractivity (Wildman–Crippen MR) is 107 cm³/mol. The van der Waals surface area contributed by atoms with Gasteiger partial charge in [-0.3, -0.25) is 14.4 Å². The highest BCUT2D eigenvalue weighted by molar-refractivity contribution is 6.44. The van der Waals surface area contributed by atoms with Crippen LogP contribution in [0, 0.1) is 18.7 Å². The molecule has 0 radical (unpaired) electrons. The molecule has 6 heteroatoms. The van der Waals surface area contributed by atoms with Crippen molar-refractivity contribution in [2.75, 3.05) is 27.2 Å². The molecule has 1 aliphatic heterocycles. The Morgan fingerprint density at radius 2 is 1.66 bits per heavy atom. The molecule has 5 nitrogen and oxygen atoms in total. The Hall–Kier alpha value is -2.86. The average molecular weight is 397 g/mol. The Morgan fingerprint density at radius 1 is 1.03 bits per heavy atom. The zero-order valence-corrected chi connectivity index (χ0v) is 16.9. The molecule has 1 N–H and O–H groups in total. The molecule has 29 heavy (non-hydrogen) atoms. The molecule has 2 atom stereocenters. The number of ketones is 2. The van der Waals surface area contributed by atoms with Crippen molar-refractivity contribution in [1.82, 2.24) is 4.90 Å². The van der Waals surface area contributed by atoms with Gasteiger partial charge in [0.1, 0.15) is 11.7 Å². The molecule has 1 heterocycles. The molecular formula is C23H26FN2O3+. The van der Waals surface area contributed by atoms with Crippen LogP contribution >= 0.6 is 0 Å². The molecule has 0 spiro atoms. The number of benzene rings is 2. The Morgan fingerprint density at radius 3 is 2.24 bits per heavy atom. The molecule has 1 aliphatic rings. The van der Waals surface area contributed by atoms with Crippen molar-refractivity contribution < 1.29 is 23.7 Å². The molecule has 152 valence electrons. The van der Waals surface area contributed by atoms with Gasteiger partial charge in [0, 0.05) is 18.5 Å². The summed E-state index contributed by atoms with van der Waals surface area (Å²) in [5, 5.41) is 0. The Kier molecular flexibility index (Phi) is 6.23. The first-order valence-electron chi connectivity index (χ1n) is 9.80. The van der Waals surface area contributed by atoms with E-state index in [1.807, 2.05) is 45.3 Å². The van der Waals surface area contributed by atoms with Gasteiger partial charge in [-0.15, -0.1) is 0 Å². The van der Waals surface area contributed by atoms with Crippen molar-refractivity contribution in [1.29, 1.82) is 0 Å². The lowest BCUT2D eigenvalue weighted by atomic mass is 9.86. The fraction of sp³-hybridized carbons (Fsp3) is 0.348. The third-order valence-electron chi connectivity index (χ3n) is 5.31. The van der Waals surface area contributed by atoms with Gasteiger partial charge in [-0.05, 0) is 36.8 Å².